The van der Waals surface area contributed by atoms with Crippen molar-refractivity contribution < 1.29 is 27.6 Å². The number of carbonyl (C=O) groups excluding carboxylic acids is 1. The van der Waals surface area contributed by atoms with Gasteiger partial charge >= 0.3 is 0 Å². The summed E-state index contributed by atoms with van der Waals surface area (Å²) in [6.45, 7) is 3.76. The van der Waals surface area contributed by atoms with Crippen molar-refractivity contribution in [1.82, 2.24) is 4.98 Å². The molecule has 25 heavy (non-hydrogen) atoms. The maximum absolute atomic E-state index is 11.3. The molecule has 0 saturated heterocycles. The van der Waals surface area contributed by atoms with Crippen molar-refractivity contribution >= 4 is 33.8 Å². The van der Waals surface area contributed by atoms with Gasteiger partial charge < -0.3 is 14.5 Å². The summed E-state index contributed by atoms with van der Waals surface area (Å²) in [7, 11) is -2.52. The number of ether oxygens (including phenoxy) is 2. The quantitative estimate of drug-likeness (QED) is 0.299. The average Bonchev–Trinajstić information content (AvgIpc) is 2.95. The molecule has 0 spiro atoms. The van der Waals surface area contributed by atoms with E-state index in [4.69, 9.17) is 9.47 Å². The molecule has 1 N–H and O–H groups in total. The highest BCUT2D eigenvalue weighted by atomic mass is 32.2. The number of fused-ring (bicyclic) bond motifs is 1. The van der Waals surface area contributed by atoms with Gasteiger partial charge in [-0.05, 0) is 13.0 Å². The molecular formula is C15H18N2O7S. The molecule has 136 valence electrons. The zero-order chi connectivity index (χ0) is 18.6. The number of non-ortho nitro benzene ring substituents is 1. The lowest BCUT2D eigenvalue weighted by Crippen LogP contribution is -2.13. The van der Waals surface area contributed by atoms with Crippen molar-refractivity contribution in [3.63, 3.8) is 0 Å². The van der Waals surface area contributed by atoms with Gasteiger partial charge in [0.05, 0.1) is 23.3 Å². The number of thiol groups is 1. The van der Waals surface area contributed by atoms with Gasteiger partial charge in [0.2, 0.25) is 0 Å². The summed E-state index contributed by atoms with van der Waals surface area (Å²) in [5.74, 6) is -0.0376. The molecule has 1 aromatic carbocycles. The Hall–Kier alpha value is -2.62. The summed E-state index contributed by atoms with van der Waals surface area (Å²) in [5.41, 5.74) is 0.690. The number of carbonyl (C=O) groups is 1. The molecule has 0 bridgehead atoms. The Morgan fingerprint density at radius 3 is 2.68 bits per heavy atom. The third kappa shape index (κ3) is 4.47. The Kier molecular flexibility index (Phi) is 5.97. The van der Waals surface area contributed by atoms with Gasteiger partial charge in [0.15, 0.2) is 0 Å². The third-order valence-corrected chi connectivity index (χ3v) is 4.59. The SMILES string of the molecule is CC(COc1cc([N+](=O)[O-])c2[nH]cc(C(C)OC=O)c2c1)C[SH](=O)=O. The minimum absolute atomic E-state index is 0.0285. The van der Waals surface area contributed by atoms with E-state index in [0.29, 0.717) is 22.9 Å². The molecule has 1 aromatic heterocycles. The Bertz CT molecular complexity index is 851. The van der Waals surface area contributed by atoms with Gasteiger partial charge in [-0.25, -0.2) is 8.42 Å². The molecule has 0 aliphatic heterocycles. The summed E-state index contributed by atoms with van der Waals surface area (Å²) in [5, 5.41) is 11.8. The minimum Gasteiger partial charge on any atom is -0.493 e. The fraction of sp³-hybridized carbons (Fsp3) is 0.400. The summed E-state index contributed by atoms with van der Waals surface area (Å²) >= 11 is 0. The second-order valence-corrected chi connectivity index (χ2v) is 6.70. The number of rotatable bonds is 9. The van der Waals surface area contributed by atoms with E-state index in [0.717, 1.165) is 0 Å². The van der Waals surface area contributed by atoms with Gasteiger partial charge in [0, 0.05) is 23.1 Å². The van der Waals surface area contributed by atoms with Gasteiger partial charge in [0.25, 0.3) is 12.2 Å². The highest BCUT2D eigenvalue weighted by Crippen LogP contribution is 2.35. The van der Waals surface area contributed by atoms with Crippen molar-refractivity contribution in [2.75, 3.05) is 12.4 Å². The Morgan fingerprint density at radius 2 is 2.08 bits per heavy atom. The molecule has 0 radical (unpaired) electrons. The van der Waals surface area contributed by atoms with Crippen LogP contribution in [0.15, 0.2) is 18.3 Å². The lowest BCUT2D eigenvalue weighted by atomic mass is 10.1. The van der Waals surface area contributed by atoms with Crippen molar-refractivity contribution in [3.05, 3.63) is 34.0 Å². The molecule has 0 saturated carbocycles. The van der Waals surface area contributed by atoms with Crippen LogP contribution in [0.4, 0.5) is 5.69 Å². The molecule has 1 heterocycles. The first-order chi connectivity index (χ1) is 11.8. The van der Waals surface area contributed by atoms with Crippen LogP contribution in [0.1, 0.15) is 25.5 Å². The van der Waals surface area contributed by atoms with Gasteiger partial charge in [0.1, 0.15) is 28.1 Å². The summed E-state index contributed by atoms with van der Waals surface area (Å²) in [4.78, 5) is 24.1. The standard InChI is InChI=1S/C15H18N2O7S/c1-9(7-25(21)22)6-23-11-3-12-13(10(2)24-8-18)5-16-15(12)14(4-11)17(19)20/h3-5,8-10,16,25H,6-7H2,1-2H3. The first-order valence-electron chi connectivity index (χ1n) is 7.46. The van der Waals surface area contributed by atoms with Gasteiger partial charge in [-0.3, -0.25) is 14.9 Å². The van der Waals surface area contributed by atoms with Crippen molar-refractivity contribution in [1.29, 1.82) is 0 Å². The fourth-order valence-corrected chi connectivity index (χ4v) is 3.09. The van der Waals surface area contributed by atoms with Crippen LogP contribution in [-0.2, 0) is 20.2 Å². The summed E-state index contributed by atoms with van der Waals surface area (Å²) in [6.07, 6.45) is 0.949. The number of hydrogen-bond donors (Lipinski definition) is 2. The molecule has 9 nitrogen and oxygen atoms in total. The molecule has 0 aliphatic rings. The van der Waals surface area contributed by atoms with Crippen LogP contribution in [0.5, 0.6) is 5.75 Å². The van der Waals surface area contributed by atoms with E-state index < -0.39 is 21.7 Å². The molecule has 2 unspecified atom stereocenters. The van der Waals surface area contributed by atoms with Crippen LogP contribution in [0.2, 0.25) is 0 Å². The molecule has 10 heteroatoms. The average molecular weight is 370 g/mol. The van der Waals surface area contributed by atoms with Gasteiger partial charge in [-0.1, -0.05) is 6.92 Å². The van der Waals surface area contributed by atoms with Crippen molar-refractivity contribution in [3.8, 4) is 5.75 Å². The van der Waals surface area contributed by atoms with Crippen LogP contribution in [0, 0.1) is 16.0 Å². The van der Waals surface area contributed by atoms with E-state index >= 15 is 0 Å². The predicted octanol–water partition coefficient (Wildman–Crippen LogP) is 1.94. The number of nitrogens with one attached hydrogen (secondary N) is 1. The van der Waals surface area contributed by atoms with Crippen molar-refractivity contribution in [2.24, 2.45) is 5.92 Å². The number of hydrogen-bond acceptors (Lipinski definition) is 7. The van der Waals surface area contributed by atoms with E-state index in [2.05, 4.69) is 4.98 Å². The molecule has 0 aliphatic carbocycles. The van der Waals surface area contributed by atoms with Crippen LogP contribution in [0.3, 0.4) is 0 Å². The first kappa shape index (κ1) is 18.7. The predicted molar refractivity (Wildman–Crippen MR) is 90.4 cm³/mol. The number of nitro groups is 1. The van der Waals surface area contributed by atoms with E-state index in [-0.39, 0.29) is 29.7 Å². The monoisotopic (exact) mass is 370 g/mol. The van der Waals surface area contributed by atoms with Gasteiger partial charge in [-0.15, -0.1) is 0 Å². The number of H-pyrrole nitrogens is 1. The van der Waals surface area contributed by atoms with Crippen LogP contribution in [-0.4, -0.2) is 37.2 Å². The topological polar surface area (TPSA) is 129 Å². The van der Waals surface area contributed by atoms with E-state index in [1.54, 1.807) is 26.1 Å². The second kappa shape index (κ2) is 7.97. The lowest BCUT2D eigenvalue weighted by Gasteiger charge is -2.12. The number of benzene rings is 1. The zero-order valence-corrected chi connectivity index (χ0v) is 14.5. The van der Waals surface area contributed by atoms with Crippen LogP contribution >= 0.6 is 0 Å². The smallest absolute Gasteiger partial charge is 0.296 e. The zero-order valence-electron chi connectivity index (χ0n) is 13.6. The molecule has 2 rings (SSSR count). The maximum Gasteiger partial charge on any atom is 0.296 e. The lowest BCUT2D eigenvalue weighted by molar-refractivity contribution is -0.383. The molecule has 2 atom stereocenters. The second-order valence-electron chi connectivity index (χ2n) is 5.67. The Balaban J connectivity index is 2.38. The van der Waals surface area contributed by atoms with E-state index in [1.807, 2.05) is 0 Å². The highest BCUT2D eigenvalue weighted by molar-refractivity contribution is 7.72. The Morgan fingerprint density at radius 1 is 1.36 bits per heavy atom. The largest absolute Gasteiger partial charge is 0.493 e. The highest BCUT2D eigenvalue weighted by Gasteiger charge is 2.21. The normalized spacial score (nSPS) is 13.6. The number of nitrogens with zero attached hydrogens (tertiary/aromatic N) is 1. The number of aromatic nitrogens is 1. The van der Waals surface area contributed by atoms with Gasteiger partial charge in [-0.2, -0.15) is 0 Å². The number of aromatic amines is 1. The van der Waals surface area contributed by atoms with E-state index in [1.165, 1.54) is 6.07 Å². The van der Waals surface area contributed by atoms with Crippen LogP contribution in [0.25, 0.3) is 10.9 Å². The molecule has 0 fully saturated rings. The fourth-order valence-electron chi connectivity index (χ4n) is 2.47. The van der Waals surface area contributed by atoms with Crippen molar-refractivity contribution in [2.45, 2.75) is 20.0 Å². The molecular weight excluding hydrogens is 352 g/mol. The third-order valence-electron chi connectivity index (χ3n) is 3.66. The Labute approximate surface area is 145 Å². The molecule has 0 amide bonds. The number of nitro benzene ring substituents is 1. The van der Waals surface area contributed by atoms with E-state index in [9.17, 15) is 23.3 Å². The molecule has 2 aromatic rings. The van der Waals surface area contributed by atoms with Crippen LogP contribution < -0.4 is 4.74 Å². The minimum atomic E-state index is -2.52. The maximum atomic E-state index is 11.3. The first-order valence-corrected chi connectivity index (χ1v) is 8.82. The summed E-state index contributed by atoms with van der Waals surface area (Å²) < 4.78 is 31.9. The summed E-state index contributed by atoms with van der Waals surface area (Å²) in [6, 6.07) is 2.88.